The van der Waals surface area contributed by atoms with Crippen molar-refractivity contribution in [2.75, 3.05) is 5.32 Å². The van der Waals surface area contributed by atoms with E-state index in [0.717, 1.165) is 0 Å². The zero-order valence-corrected chi connectivity index (χ0v) is 11.1. The molecule has 1 saturated heterocycles. The number of carboxylic acid groups (broad SMARTS) is 1. The van der Waals surface area contributed by atoms with Gasteiger partial charge in [-0.1, -0.05) is 11.6 Å². The van der Waals surface area contributed by atoms with Gasteiger partial charge in [-0.2, -0.15) is 5.26 Å². The number of hydrogen-bond acceptors (Lipinski definition) is 4. The molecular weight excluding hydrogens is 284 g/mol. The van der Waals surface area contributed by atoms with Crippen LogP contribution in [-0.4, -0.2) is 29.2 Å². The molecule has 1 fully saturated rings. The first-order valence-corrected chi connectivity index (χ1v) is 6.28. The maximum absolute atomic E-state index is 12.0. The number of nitrogens with zero attached hydrogens (tertiary/aromatic N) is 1. The molecule has 1 aliphatic rings. The Morgan fingerprint density at radius 2 is 2.10 bits per heavy atom. The molecule has 0 bridgehead atoms. The summed E-state index contributed by atoms with van der Waals surface area (Å²) in [4.78, 5) is 22.7. The molecule has 1 aliphatic heterocycles. The summed E-state index contributed by atoms with van der Waals surface area (Å²) in [5, 5.41) is 20.4. The summed E-state index contributed by atoms with van der Waals surface area (Å²) in [6.45, 7) is 0. The van der Waals surface area contributed by atoms with E-state index in [1.165, 1.54) is 18.2 Å². The lowest BCUT2D eigenvalue weighted by molar-refractivity contribution is -0.150. The highest BCUT2D eigenvalue weighted by molar-refractivity contribution is 6.33. The zero-order chi connectivity index (χ0) is 14.7. The van der Waals surface area contributed by atoms with Gasteiger partial charge in [-0.3, -0.25) is 4.79 Å². The van der Waals surface area contributed by atoms with Crippen LogP contribution in [0.2, 0.25) is 5.02 Å². The van der Waals surface area contributed by atoms with E-state index >= 15 is 0 Å². The van der Waals surface area contributed by atoms with Crippen molar-refractivity contribution in [3.8, 4) is 6.07 Å². The number of nitriles is 1. The van der Waals surface area contributed by atoms with Gasteiger partial charge >= 0.3 is 5.97 Å². The van der Waals surface area contributed by atoms with Gasteiger partial charge in [-0.25, -0.2) is 4.79 Å². The summed E-state index contributed by atoms with van der Waals surface area (Å²) in [6.07, 6.45) is -1.15. The van der Waals surface area contributed by atoms with Crippen LogP contribution in [0, 0.1) is 11.3 Å². The molecule has 104 valence electrons. The molecule has 0 saturated carbocycles. The molecule has 2 N–H and O–H groups in total. The second kappa shape index (κ2) is 5.90. The highest BCUT2D eigenvalue weighted by atomic mass is 35.5. The highest BCUT2D eigenvalue weighted by Gasteiger charge is 2.34. The Balaban J connectivity index is 2.06. The van der Waals surface area contributed by atoms with Crippen molar-refractivity contribution in [3.63, 3.8) is 0 Å². The standard InChI is InChI=1S/C13H11ClN2O4/c14-8-2-1-7(6-15)5-9(8)16-12(17)10-3-4-11(20-10)13(18)19/h1-2,5,10-11H,3-4H2,(H,16,17)(H,18,19). The van der Waals surface area contributed by atoms with Gasteiger partial charge in [0.05, 0.1) is 22.3 Å². The molecule has 20 heavy (non-hydrogen) atoms. The number of hydrogen-bond donors (Lipinski definition) is 2. The minimum Gasteiger partial charge on any atom is -0.479 e. The van der Waals surface area contributed by atoms with Crippen molar-refractivity contribution >= 4 is 29.2 Å². The van der Waals surface area contributed by atoms with Crippen LogP contribution in [0.4, 0.5) is 5.69 Å². The smallest absolute Gasteiger partial charge is 0.332 e. The van der Waals surface area contributed by atoms with E-state index < -0.39 is 24.1 Å². The molecular formula is C13H11ClN2O4. The summed E-state index contributed by atoms with van der Waals surface area (Å²) < 4.78 is 5.13. The van der Waals surface area contributed by atoms with Crippen LogP contribution < -0.4 is 5.32 Å². The molecule has 0 aliphatic carbocycles. The molecule has 2 unspecified atom stereocenters. The number of aliphatic carboxylic acids is 1. The first kappa shape index (κ1) is 14.3. The quantitative estimate of drug-likeness (QED) is 0.885. The Labute approximate surface area is 119 Å². The van der Waals surface area contributed by atoms with Crippen LogP contribution in [0.15, 0.2) is 18.2 Å². The molecule has 6 nitrogen and oxygen atoms in total. The molecule has 1 amide bonds. The fourth-order valence-electron chi connectivity index (χ4n) is 1.92. The van der Waals surface area contributed by atoms with E-state index in [2.05, 4.69) is 5.32 Å². The second-order valence-corrected chi connectivity index (χ2v) is 4.73. The van der Waals surface area contributed by atoms with Gasteiger partial charge in [0.15, 0.2) is 6.10 Å². The lowest BCUT2D eigenvalue weighted by Gasteiger charge is -2.12. The average molecular weight is 295 g/mol. The summed E-state index contributed by atoms with van der Waals surface area (Å²) in [6, 6.07) is 6.43. The third-order valence-corrected chi connectivity index (χ3v) is 3.27. The van der Waals surface area contributed by atoms with E-state index in [1.807, 2.05) is 6.07 Å². The molecule has 2 rings (SSSR count). The number of carboxylic acids is 1. The van der Waals surface area contributed by atoms with Crippen molar-refractivity contribution < 1.29 is 19.4 Å². The summed E-state index contributed by atoms with van der Waals surface area (Å²) in [5.74, 6) is -1.55. The largest absolute Gasteiger partial charge is 0.479 e. The lowest BCUT2D eigenvalue weighted by atomic mass is 10.1. The normalized spacial score (nSPS) is 21.2. The SMILES string of the molecule is N#Cc1ccc(Cl)c(NC(=O)C2CCC(C(=O)O)O2)c1. The van der Waals surface area contributed by atoms with E-state index in [4.69, 9.17) is 26.7 Å². The van der Waals surface area contributed by atoms with E-state index in [0.29, 0.717) is 29.1 Å². The van der Waals surface area contributed by atoms with E-state index in [9.17, 15) is 9.59 Å². The predicted molar refractivity (Wildman–Crippen MR) is 70.3 cm³/mol. The van der Waals surface area contributed by atoms with Gasteiger partial charge in [-0.15, -0.1) is 0 Å². The zero-order valence-electron chi connectivity index (χ0n) is 10.3. The van der Waals surface area contributed by atoms with Gasteiger partial charge in [0.1, 0.15) is 6.10 Å². The number of carbonyl (C=O) groups is 2. The van der Waals surface area contributed by atoms with Crippen LogP contribution in [0.1, 0.15) is 18.4 Å². The summed E-state index contributed by atoms with van der Waals surface area (Å²) >= 11 is 5.92. The number of rotatable bonds is 3. The lowest BCUT2D eigenvalue weighted by Crippen LogP contribution is -2.30. The van der Waals surface area contributed by atoms with Crippen LogP contribution in [-0.2, 0) is 14.3 Å². The van der Waals surface area contributed by atoms with Crippen LogP contribution in [0.5, 0.6) is 0 Å². The first-order valence-electron chi connectivity index (χ1n) is 5.90. The number of anilines is 1. The molecule has 2 atom stereocenters. The van der Waals surface area contributed by atoms with Crippen LogP contribution in [0.25, 0.3) is 0 Å². The van der Waals surface area contributed by atoms with Gasteiger partial charge in [0.25, 0.3) is 5.91 Å². The third-order valence-electron chi connectivity index (χ3n) is 2.94. The molecule has 0 spiro atoms. The number of benzene rings is 1. The summed E-state index contributed by atoms with van der Waals surface area (Å²) in [7, 11) is 0. The van der Waals surface area contributed by atoms with E-state index in [1.54, 1.807) is 0 Å². The fourth-order valence-corrected chi connectivity index (χ4v) is 2.08. The van der Waals surface area contributed by atoms with Gasteiger partial charge in [0.2, 0.25) is 0 Å². The molecule has 0 aromatic heterocycles. The Morgan fingerprint density at radius 1 is 1.40 bits per heavy atom. The van der Waals surface area contributed by atoms with Gasteiger partial charge < -0.3 is 15.2 Å². The summed E-state index contributed by atoms with van der Waals surface area (Å²) in [5.41, 5.74) is 0.665. The molecule has 7 heteroatoms. The first-order chi connectivity index (χ1) is 9.51. The molecule has 0 radical (unpaired) electrons. The fraction of sp³-hybridized carbons (Fsp3) is 0.308. The van der Waals surface area contributed by atoms with Crippen LogP contribution >= 0.6 is 11.6 Å². The topological polar surface area (TPSA) is 99.4 Å². The van der Waals surface area contributed by atoms with Crippen molar-refractivity contribution in [2.24, 2.45) is 0 Å². The second-order valence-electron chi connectivity index (χ2n) is 4.32. The van der Waals surface area contributed by atoms with Crippen molar-refractivity contribution in [3.05, 3.63) is 28.8 Å². The number of nitrogens with one attached hydrogen (secondary N) is 1. The third kappa shape index (κ3) is 3.07. The monoisotopic (exact) mass is 294 g/mol. The van der Waals surface area contributed by atoms with E-state index in [-0.39, 0.29) is 0 Å². The van der Waals surface area contributed by atoms with Crippen molar-refractivity contribution in [1.29, 1.82) is 5.26 Å². The molecule has 1 heterocycles. The Bertz CT molecular complexity index is 597. The maximum atomic E-state index is 12.0. The van der Waals surface area contributed by atoms with Crippen LogP contribution in [0.3, 0.4) is 0 Å². The Kier molecular flexibility index (Phi) is 4.23. The highest BCUT2D eigenvalue weighted by Crippen LogP contribution is 2.25. The number of halogens is 1. The minimum absolute atomic E-state index is 0.291. The number of amides is 1. The molecule has 1 aromatic carbocycles. The van der Waals surface area contributed by atoms with Gasteiger partial charge in [0, 0.05) is 0 Å². The minimum atomic E-state index is -1.08. The van der Waals surface area contributed by atoms with Crippen molar-refractivity contribution in [2.45, 2.75) is 25.0 Å². The Morgan fingerprint density at radius 3 is 2.70 bits per heavy atom. The van der Waals surface area contributed by atoms with Gasteiger partial charge in [-0.05, 0) is 31.0 Å². The Hall–Kier alpha value is -2.10. The average Bonchev–Trinajstić information content (AvgIpc) is 2.91. The van der Waals surface area contributed by atoms with Crippen molar-refractivity contribution in [1.82, 2.24) is 0 Å². The number of ether oxygens (including phenoxy) is 1. The number of carbonyl (C=O) groups excluding carboxylic acids is 1. The predicted octanol–water partition coefficient (Wildman–Crippen LogP) is 1.78. The maximum Gasteiger partial charge on any atom is 0.332 e. The molecule has 1 aromatic rings.